The molecule has 24 heavy (non-hydrogen) atoms. The van der Waals surface area contributed by atoms with Gasteiger partial charge in [0.15, 0.2) is 0 Å². The Morgan fingerprint density at radius 1 is 1.25 bits per heavy atom. The van der Waals surface area contributed by atoms with Gasteiger partial charge in [0.2, 0.25) is 11.8 Å². The third kappa shape index (κ3) is 4.33. The van der Waals surface area contributed by atoms with E-state index < -0.39 is 23.4 Å². The van der Waals surface area contributed by atoms with E-state index in [1.165, 1.54) is 30.1 Å². The Morgan fingerprint density at radius 2 is 2.00 bits per heavy atom. The summed E-state index contributed by atoms with van der Waals surface area (Å²) in [6.07, 6.45) is -2.55. The van der Waals surface area contributed by atoms with Crippen LogP contribution in [-0.2, 0) is 6.18 Å². The minimum atomic E-state index is -4.61. The summed E-state index contributed by atoms with van der Waals surface area (Å²) in [6.45, 7) is 2.02. The summed E-state index contributed by atoms with van der Waals surface area (Å²) in [7, 11) is 1.53. The van der Waals surface area contributed by atoms with Crippen LogP contribution in [0.25, 0.3) is 0 Å². The van der Waals surface area contributed by atoms with Gasteiger partial charge in [-0.2, -0.15) is 18.2 Å². The third-order valence-corrected chi connectivity index (χ3v) is 3.28. The Kier molecular flexibility index (Phi) is 5.58. The molecule has 0 fully saturated rings. The molecule has 2 aromatic rings. The number of hydrogen-bond donors (Lipinski definition) is 0. The molecule has 0 aliphatic heterocycles. The highest BCUT2D eigenvalue weighted by molar-refractivity contribution is 5.56. The lowest BCUT2D eigenvalue weighted by atomic mass is 10.3. The monoisotopic (exact) mass is 343 g/mol. The quantitative estimate of drug-likeness (QED) is 0.568. The van der Waals surface area contributed by atoms with E-state index >= 15 is 0 Å². The molecule has 1 aromatic carbocycles. The van der Waals surface area contributed by atoms with Crippen LogP contribution in [0.3, 0.4) is 0 Å². The summed E-state index contributed by atoms with van der Waals surface area (Å²) in [5, 5.41) is 0. The van der Waals surface area contributed by atoms with E-state index in [-0.39, 0.29) is 12.6 Å². The maximum Gasteiger partial charge on any atom is 0.423 e. The molecule has 0 aliphatic rings. The number of benzene rings is 1. The zero-order chi connectivity index (χ0) is 17.7. The van der Waals surface area contributed by atoms with Crippen LogP contribution in [0.5, 0.6) is 5.88 Å². The highest BCUT2D eigenvalue weighted by Crippen LogP contribution is 2.36. The van der Waals surface area contributed by atoms with Crippen LogP contribution in [0, 0.1) is 5.82 Å². The largest absolute Gasteiger partial charge is 0.477 e. The van der Waals surface area contributed by atoms with Gasteiger partial charge in [-0.1, -0.05) is 19.4 Å². The van der Waals surface area contributed by atoms with Gasteiger partial charge in [0.25, 0.3) is 0 Å². The molecule has 0 amide bonds. The predicted molar refractivity (Wildman–Crippen MR) is 81.9 cm³/mol. The molecule has 1 heterocycles. The van der Waals surface area contributed by atoms with Crippen molar-refractivity contribution in [2.75, 3.05) is 18.6 Å². The molecule has 8 heteroatoms. The number of aromatic nitrogens is 2. The van der Waals surface area contributed by atoms with E-state index in [0.717, 1.165) is 6.42 Å². The lowest BCUT2D eigenvalue weighted by Gasteiger charge is -2.19. The van der Waals surface area contributed by atoms with Gasteiger partial charge in [0.05, 0.1) is 6.61 Å². The molecule has 0 saturated heterocycles. The summed E-state index contributed by atoms with van der Waals surface area (Å²) in [4.78, 5) is 8.98. The summed E-state index contributed by atoms with van der Waals surface area (Å²) < 4.78 is 57.6. The van der Waals surface area contributed by atoms with Crippen molar-refractivity contribution in [3.8, 4) is 5.88 Å². The fraction of sp³-hybridized carbons (Fsp3) is 0.375. The van der Waals surface area contributed by atoms with E-state index in [9.17, 15) is 17.6 Å². The number of halogens is 4. The maximum absolute atomic E-state index is 13.3. The zero-order valence-electron chi connectivity index (χ0n) is 13.3. The molecule has 0 N–H and O–H groups in total. The van der Waals surface area contributed by atoms with E-state index in [4.69, 9.17) is 4.74 Å². The molecule has 4 nitrogen and oxygen atoms in total. The first kappa shape index (κ1) is 18.0. The number of hydrogen-bond acceptors (Lipinski definition) is 4. The summed E-state index contributed by atoms with van der Waals surface area (Å²) in [6, 6.07) is 5.59. The van der Waals surface area contributed by atoms with Gasteiger partial charge in [-0.25, -0.2) is 9.37 Å². The molecule has 0 unspecified atom stereocenters. The lowest BCUT2D eigenvalue weighted by Crippen LogP contribution is -2.17. The average Bonchev–Trinajstić information content (AvgIpc) is 2.53. The van der Waals surface area contributed by atoms with Crippen LogP contribution in [0.1, 0.15) is 25.3 Å². The van der Waals surface area contributed by atoms with Crippen molar-refractivity contribution in [2.45, 2.75) is 25.9 Å². The Balaban J connectivity index is 2.35. The van der Waals surface area contributed by atoms with Crippen molar-refractivity contribution in [3.05, 3.63) is 41.8 Å². The molecular formula is C16H17F4N3O. The normalized spacial score (nSPS) is 11.4. The van der Waals surface area contributed by atoms with E-state index in [1.807, 2.05) is 6.92 Å². The average molecular weight is 343 g/mol. The minimum Gasteiger partial charge on any atom is -0.477 e. The van der Waals surface area contributed by atoms with Gasteiger partial charge in [0.1, 0.15) is 11.4 Å². The first-order valence-electron chi connectivity index (χ1n) is 7.39. The topological polar surface area (TPSA) is 38.2 Å². The van der Waals surface area contributed by atoms with Crippen molar-refractivity contribution in [2.24, 2.45) is 0 Å². The number of anilines is 2. The molecule has 1 aromatic heterocycles. The van der Waals surface area contributed by atoms with Crippen LogP contribution in [0.15, 0.2) is 30.5 Å². The molecule has 0 bridgehead atoms. The zero-order valence-corrected chi connectivity index (χ0v) is 13.3. The first-order valence-corrected chi connectivity index (χ1v) is 7.39. The number of unbranched alkanes of at least 4 members (excludes halogenated alkanes) is 1. The van der Waals surface area contributed by atoms with E-state index in [1.54, 1.807) is 6.07 Å². The smallest absolute Gasteiger partial charge is 0.423 e. The molecule has 0 atom stereocenters. The predicted octanol–water partition coefficient (Wildman–Crippen LogP) is 4.58. The van der Waals surface area contributed by atoms with Crippen molar-refractivity contribution < 1.29 is 22.3 Å². The second kappa shape index (κ2) is 7.46. The molecule has 2 rings (SSSR count). The highest BCUT2D eigenvalue weighted by atomic mass is 19.4. The van der Waals surface area contributed by atoms with Crippen LogP contribution in [0.2, 0.25) is 0 Å². The second-order valence-corrected chi connectivity index (χ2v) is 5.13. The van der Waals surface area contributed by atoms with Gasteiger partial charge in [-0.05, 0) is 24.6 Å². The number of ether oxygens (including phenoxy) is 1. The minimum absolute atomic E-state index is 0.0138. The fourth-order valence-electron chi connectivity index (χ4n) is 1.94. The van der Waals surface area contributed by atoms with Crippen molar-refractivity contribution in [1.29, 1.82) is 0 Å². The van der Waals surface area contributed by atoms with Crippen LogP contribution >= 0.6 is 0 Å². The Hall–Kier alpha value is -2.38. The molecule has 130 valence electrons. The van der Waals surface area contributed by atoms with E-state index in [2.05, 4.69) is 9.97 Å². The van der Waals surface area contributed by atoms with Crippen molar-refractivity contribution >= 4 is 11.6 Å². The number of nitrogens with zero attached hydrogens (tertiary/aromatic N) is 3. The standard InChI is InChI=1S/C16H17F4N3O/c1-3-4-8-24-14-13(16(18,19)20)10-21-15(22-14)23(2)12-7-5-6-11(17)9-12/h5-7,9-10H,3-4,8H2,1-2H3. The van der Waals surface area contributed by atoms with Crippen molar-refractivity contribution in [1.82, 2.24) is 9.97 Å². The summed E-state index contributed by atoms with van der Waals surface area (Å²) >= 11 is 0. The van der Waals surface area contributed by atoms with Gasteiger partial charge in [-0.3, -0.25) is 0 Å². The van der Waals surface area contributed by atoms with Gasteiger partial charge in [-0.15, -0.1) is 0 Å². The SMILES string of the molecule is CCCCOc1nc(N(C)c2cccc(F)c2)ncc1C(F)(F)F. The molecule has 0 spiro atoms. The first-order chi connectivity index (χ1) is 11.3. The molecular weight excluding hydrogens is 326 g/mol. The van der Waals surface area contributed by atoms with Crippen LogP contribution in [-0.4, -0.2) is 23.6 Å². The van der Waals surface area contributed by atoms with Gasteiger partial charge in [0, 0.05) is 18.9 Å². The van der Waals surface area contributed by atoms with E-state index in [0.29, 0.717) is 18.3 Å². The maximum atomic E-state index is 13.3. The summed E-state index contributed by atoms with van der Waals surface area (Å²) in [5.74, 6) is -1.00. The molecule has 0 radical (unpaired) electrons. The second-order valence-electron chi connectivity index (χ2n) is 5.13. The Bertz CT molecular complexity index is 691. The van der Waals surface area contributed by atoms with Crippen LogP contribution < -0.4 is 9.64 Å². The number of alkyl halides is 3. The Labute approximate surface area is 137 Å². The van der Waals surface area contributed by atoms with Crippen LogP contribution in [0.4, 0.5) is 29.2 Å². The highest BCUT2D eigenvalue weighted by Gasteiger charge is 2.36. The number of rotatable bonds is 6. The third-order valence-electron chi connectivity index (χ3n) is 3.28. The molecule has 0 aliphatic carbocycles. The lowest BCUT2D eigenvalue weighted by molar-refractivity contribution is -0.139. The summed E-state index contributed by atoms with van der Waals surface area (Å²) in [5.41, 5.74) is -0.621. The Morgan fingerprint density at radius 3 is 2.62 bits per heavy atom. The fourth-order valence-corrected chi connectivity index (χ4v) is 1.94. The van der Waals surface area contributed by atoms with Crippen molar-refractivity contribution in [3.63, 3.8) is 0 Å². The van der Waals surface area contributed by atoms with Gasteiger partial charge >= 0.3 is 6.18 Å². The molecule has 0 saturated carbocycles. The van der Waals surface area contributed by atoms with Gasteiger partial charge < -0.3 is 9.64 Å².